The molecule has 1 aromatic carbocycles. The Morgan fingerprint density at radius 3 is 2.66 bits per heavy atom. The summed E-state index contributed by atoms with van der Waals surface area (Å²) >= 11 is 6.06. The first-order valence-electron chi connectivity index (χ1n) is 12.1. The van der Waals surface area contributed by atoms with Crippen LogP contribution in [0.2, 0.25) is 5.02 Å². The molecule has 0 saturated heterocycles. The Bertz CT molecular complexity index is 1140. The number of carbonyl (C=O) groups is 1. The smallest absolute Gasteiger partial charge is 0.186 e. The maximum Gasteiger partial charge on any atom is 0.186 e. The minimum Gasteiger partial charge on any atom is -0.396 e. The third kappa shape index (κ3) is 6.93. The molecule has 0 unspecified atom stereocenters. The zero-order valence-corrected chi connectivity index (χ0v) is 22.1. The Balaban J connectivity index is 0.00000342. The number of aryl methyl sites for hydroxylation is 2. The minimum atomic E-state index is -0.209. The van der Waals surface area contributed by atoms with Crippen molar-refractivity contribution in [3.05, 3.63) is 52.0 Å². The van der Waals surface area contributed by atoms with Gasteiger partial charge in [-0.3, -0.25) is 4.79 Å². The van der Waals surface area contributed by atoms with Gasteiger partial charge in [-0.1, -0.05) is 36.7 Å². The summed E-state index contributed by atoms with van der Waals surface area (Å²) in [5.74, 6) is 2.76. The van der Waals surface area contributed by atoms with Gasteiger partial charge in [0, 0.05) is 48.9 Å². The average molecular weight is 521 g/mol. The fourth-order valence-electron chi connectivity index (χ4n) is 4.31. The normalized spacial score (nSPS) is 14.2. The number of aromatic nitrogens is 4. The number of hydrogen-bond donors (Lipinski definition) is 1. The Morgan fingerprint density at radius 1 is 1.23 bits per heavy atom. The number of aliphatic hydroxyl groups is 1. The van der Waals surface area contributed by atoms with Crippen LogP contribution in [0.15, 0.2) is 28.8 Å². The van der Waals surface area contributed by atoms with Crippen molar-refractivity contribution in [2.24, 2.45) is 5.92 Å². The lowest BCUT2D eigenvalue weighted by Crippen LogP contribution is -2.16. The molecular formula is C26H34Cl2N4O3. The number of halogens is 2. The molecule has 0 bridgehead atoms. The van der Waals surface area contributed by atoms with Crippen LogP contribution < -0.4 is 0 Å². The molecular weight excluding hydrogens is 487 g/mol. The zero-order valence-electron chi connectivity index (χ0n) is 20.5. The SMILES string of the molecule is Cc1cc(Cl)ccc1CC(=O)C[C@H](CCO)c1nnc(-c2cc(CCC(C)C)on2)n1C1CC1.Cl. The van der Waals surface area contributed by atoms with E-state index in [1.807, 2.05) is 31.2 Å². The van der Waals surface area contributed by atoms with Crippen LogP contribution >= 0.6 is 24.0 Å². The standard InChI is InChI=1S/C26H33ClN4O3.ClH/c1-16(2)4-9-23-15-24(30-34-23)26-29-28-25(31(26)21-7-8-21)19(10-11-32)14-22(33)13-18-5-6-20(27)12-17(18)3;/h5-6,12,15-16,19,21,32H,4,7-11,13-14H2,1-3H3;1H/t19-;/m0./s1. The van der Waals surface area contributed by atoms with Crippen LogP contribution in [-0.4, -0.2) is 37.4 Å². The van der Waals surface area contributed by atoms with E-state index < -0.39 is 0 Å². The Labute approximate surface area is 217 Å². The van der Waals surface area contributed by atoms with Gasteiger partial charge in [0.15, 0.2) is 11.5 Å². The van der Waals surface area contributed by atoms with E-state index in [2.05, 4.69) is 33.8 Å². The van der Waals surface area contributed by atoms with Crippen molar-refractivity contribution in [2.45, 2.75) is 77.7 Å². The molecule has 1 fully saturated rings. The lowest BCUT2D eigenvalue weighted by Gasteiger charge is -2.17. The molecule has 0 spiro atoms. The maximum absolute atomic E-state index is 13.0. The van der Waals surface area contributed by atoms with E-state index >= 15 is 0 Å². The number of ketones is 1. The van der Waals surface area contributed by atoms with Gasteiger partial charge >= 0.3 is 0 Å². The zero-order chi connectivity index (χ0) is 24.2. The first-order valence-corrected chi connectivity index (χ1v) is 12.5. The molecule has 0 radical (unpaired) electrons. The molecule has 3 aromatic rings. The second-order valence-corrected chi connectivity index (χ2v) is 10.2. The van der Waals surface area contributed by atoms with E-state index in [4.69, 9.17) is 16.1 Å². The topological polar surface area (TPSA) is 94.0 Å². The molecule has 1 saturated carbocycles. The summed E-state index contributed by atoms with van der Waals surface area (Å²) in [7, 11) is 0. The first kappa shape index (κ1) is 27.4. The molecule has 1 aliphatic rings. The molecule has 1 atom stereocenters. The minimum absolute atomic E-state index is 0. The third-order valence-electron chi connectivity index (χ3n) is 6.40. The summed E-state index contributed by atoms with van der Waals surface area (Å²) in [4.78, 5) is 13.0. The van der Waals surface area contributed by atoms with Crippen molar-refractivity contribution < 1.29 is 14.4 Å². The fraction of sp³-hybridized carbons (Fsp3) is 0.538. The number of hydrogen-bond acceptors (Lipinski definition) is 6. The molecule has 1 aliphatic carbocycles. The van der Waals surface area contributed by atoms with Crippen LogP contribution in [0.25, 0.3) is 11.5 Å². The van der Waals surface area contributed by atoms with Crippen molar-refractivity contribution >= 4 is 29.8 Å². The second kappa shape index (κ2) is 12.2. The number of Topliss-reactive ketones (excluding diaryl/α,β-unsaturated/α-hetero) is 1. The molecule has 2 aromatic heterocycles. The highest BCUT2D eigenvalue weighted by molar-refractivity contribution is 6.30. The van der Waals surface area contributed by atoms with Gasteiger partial charge in [-0.25, -0.2) is 0 Å². The van der Waals surface area contributed by atoms with Gasteiger partial charge < -0.3 is 14.2 Å². The van der Waals surface area contributed by atoms with Crippen molar-refractivity contribution in [2.75, 3.05) is 6.61 Å². The third-order valence-corrected chi connectivity index (χ3v) is 6.63. The molecule has 190 valence electrons. The van der Waals surface area contributed by atoms with E-state index in [-0.39, 0.29) is 30.7 Å². The molecule has 0 aliphatic heterocycles. The van der Waals surface area contributed by atoms with Gasteiger partial charge in [0.1, 0.15) is 17.4 Å². The van der Waals surface area contributed by atoms with Gasteiger partial charge in [-0.15, -0.1) is 22.6 Å². The predicted octanol–water partition coefficient (Wildman–Crippen LogP) is 5.91. The highest BCUT2D eigenvalue weighted by Crippen LogP contribution is 2.41. The number of aliphatic hydroxyl groups excluding tert-OH is 1. The number of carbonyl (C=O) groups excluding carboxylic acids is 1. The predicted molar refractivity (Wildman–Crippen MR) is 138 cm³/mol. The van der Waals surface area contributed by atoms with Crippen molar-refractivity contribution in [3.63, 3.8) is 0 Å². The van der Waals surface area contributed by atoms with E-state index in [0.717, 1.165) is 48.4 Å². The molecule has 7 nitrogen and oxygen atoms in total. The monoisotopic (exact) mass is 520 g/mol. The Kier molecular flexibility index (Phi) is 9.50. The van der Waals surface area contributed by atoms with Crippen LogP contribution in [0, 0.1) is 12.8 Å². The number of rotatable bonds is 12. The van der Waals surface area contributed by atoms with E-state index in [9.17, 15) is 9.90 Å². The van der Waals surface area contributed by atoms with Crippen LogP contribution in [-0.2, 0) is 17.6 Å². The Hall–Kier alpha value is -2.22. The molecule has 9 heteroatoms. The molecule has 1 N–H and O–H groups in total. The number of benzene rings is 1. The van der Waals surface area contributed by atoms with Gasteiger partial charge in [0.25, 0.3) is 0 Å². The molecule has 35 heavy (non-hydrogen) atoms. The van der Waals surface area contributed by atoms with E-state index in [0.29, 0.717) is 47.8 Å². The van der Waals surface area contributed by atoms with Gasteiger partial charge in [0.2, 0.25) is 0 Å². The average Bonchev–Trinajstić information content (AvgIpc) is 3.35. The van der Waals surface area contributed by atoms with Gasteiger partial charge in [-0.2, -0.15) is 0 Å². The van der Waals surface area contributed by atoms with Gasteiger partial charge in [-0.05, 0) is 61.8 Å². The van der Waals surface area contributed by atoms with Crippen molar-refractivity contribution in [3.8, 4) is 11.5 Å². The van der Waals surface area contributed by atoms with Crippen LogP contribution in [0.1, 0.15) is 80.6 Å². The lowest BCUT2D eigenvalue weighted by atomic mass is 9.93. The molecule has 2 heterocycles. The fourth-order valence-corrected chi connectivity index (χ4v) is 4.54. The summed E-state index contributed by atoms with van der Waals surface area (Å²) < 4.78 is 7.67. The van der Waals surface area contributed by atoms with E-state index in [1.54, 1.807) is 0 Å². The number of nitrogens with zero attached hydrogens (tertiary/aromatic N) is 4. The molecule has 4 rings (SSSR count). The van der Waals surface area contributed by atoms with Gasteiger partial charge in [0.05, 0.1) is 0 Å². The Morgan fingerprint density at radius 2 is 2.00 bits per heavy atom. The summed E-state index contributed by atoms with van der Waals surface area (Å²) in [6.45, 7) is 6.31. The van der Waals surface area contributed by atoms with Crippen LogP contribution in [0.3, 0.4) is 0 Å². The van der Waals surface area contributed by atoms with Crippen molar-refractivity contribution in [1.29, 1.82) is 0 Å². The highest BCUT2D eigenvalue weighted by atomic mass is 35.5. The summed E-state index contributed by atoms with van der Waals surface area (Å²) in [5, 5.41) is 23.6. The van der Waals surface area contributed by atoms with E-state index in [1.165, 1.54) is 0 Å². The summed E-state index contributed by atoms with van der Waals surface area (Å²) in [5.41, 5.74) is 2.65. The maximum atomic E-state index is 13.0. The first-order chi connectivity index (χ1) is 16.4. The summed E-state index contributed by atoms with van der Waals surface area (Å²) in [6, 6.07) is 7.84. The second-order valence-electron chi connectivity index (χ2n) is 9.79. The largest absolute Gasteiger partial charge is 0.396 e. The summed E-state index contributed by atoms with van der Waals surface area (Å²) in [6.07, 6.45) is 5.03. The van der Waals surface area contributed by atoms with Crippen molar-refractivity contribution in [1.82, 2.24) is 19.9 Å². The van der Waals surface area contributed by atoms with Crippen LogP contribution in [0.5, 0.6) is 0 Å². The quantitative estimate of drug-likeness (QED) is 0.319. The molecule has 0 amide bonds. The lowest BCUT2D eigenvalue weighted by molar-refractivity contribution is -0.118. The highest BCUT2D eigenvalue weighted by Gasteiger charge is 2.34. The van der Waals surface area contributed by atoms with Crippen LogP contribution in [0.4, 0.5) is 0 Å².